The van der Waals surface area contributed by atoms with Crippen LogP contribution in [0.4, 0.5) is 0 Å². The van der Waals surface area contributed by atoms with Crippen LogP contribution in [0.5, 0.6) is 0 Å². The summed E-state index contributed by atoms with van der Waals surface area (Å²) in [4.78, 5) is 22.9. The molecule has 3 rings (SSSR count). The molecular formula is C26H27NO6. The van der Waals surface area contributed by atoms with E-state index in [4.69, 9.17) is 4.74 Å². The third-order valence-electron chi connectivity index (χ3n) is 5.30. The Balaban J connectivity index is 1.97. The van der Waals surface area contributed by atoms with E-state index in [2.05, 4.69) is 0 Å². The monoisotopic (exact) mass is 449 g/mol. The molecule has 0 fully saturated rings. The van der Waals surface area contributed by atoms with Gasteiger partial charge in [0.1, 0.15) is 17.8 Å². The molecule has 172 valence electrons. The van der Waals surface area contributed by atoms with Crippen molar-refractivity contribution in [2.45, 2.75) is 30.8 Å². The van der Waals surface area contributed by atoms with Gasteiger partial charge in [0.2, 0.25) is 5.91 Å². The fourth-order valence-electron chi connectivity index (χ4n) is 3.69. The average molecular weight is 450 g/mol. The summed E-state index contributed by atoms with van der Waals surface area (Å²) in [7, 11) is 0. The average Bonchev–Trinajstić information content (AvgIpc) is 2.85. The molecule has 0 saturated carbocycles. The van der Waals surface area contributed by atoms with E-state index in [-0.39, 0.29) is 0 Å². The zero-order chi connectivity index (χ0) is 23.8. The minimum Gasteiger partial charge on any atom is -0.388 e. The van der Waals surface area contributed by atoms with E-state index >= 15 is 0 Å². The summed E-state index contributed by atoms with van der Waals surface area (Å²) >= 11 is 0. The van der Waals surface area contributed by atoms with Gasteiger partial charge in [-0.25, -0.2) is 0 Å². The highest BCUT2D eigenvalue weighted by atomic mass is 16.5. The molecule has 7 nitrogen and oxygen atoms in total. The number of benzene rings is 3. The molecular weight excluding hydrogens is 422 g/mol. The molecule has 0 radical (unpaired) electrons. The molecule has 3 atom stereocenters. The molecule has 2 unspecified atom stereocenters. The minimum atomic E-state index is -2.01. The summed E-state index contributed by atoms with van der Waals surface area (Å²) in [6, 6.07) is 28.3. The van der Waals surface area contributed by atoms with E-state index in [1.807, 2.05) is 96.3 Å². The molecule has 0 saturated heterocycles. The van der Waals surface area contributed by atoms with Gasteiger partial charge in [0.25, 0.3) is 5.91 Å². The zero-order valence-corrected chi connectivity index (χ0v) is 18.2. The maximum absolute atomic E-state index is 11.9. The van der Waals surface area contributed by atoms with Crippen LogP contribution in [0.3, 0.4) is 0 Å². The molecule has 33 heavy (non-hydrogen) atoms. The van der Waals surface area contributed by atoms with Crippen molar-refractivity contribution in [3.63, 3.8) is 0 Å². The van der Waals surface area contributed by atoms with Crippen molar-refractivity contribution in [1.82, 2.24) is 5.32 Å². The van der Waals surface area contributed by atoms with Crippen molar-refractivity contribution in [3.05, 3.63) is 108 Å². The van der Waals surface area contributed by atoms with E-state index in [0.717, 1.165) is 23.6 Å². The van der Waals surface area contributed by atoms with Gasteiger partial charge in [0, 0.05) is 6.92 Å². The Bertz CT molecular complexity index is 945. The number of carbonyl (C=O) groups is 2. The third-order valence-corrected chi connectivity index (χ3v) is 5.30. The number of imide groups is 1. The van der Waals surface area contributed by atoms with Crippen molar-refractivity contribution in [2.75, 3.05) is 6.61 Å². The van der Waals surface area contributed by atoms with Gasteiger partial charge in [-0.2, -0.15) is 0 Å². The first-order valence-corrected chi connectivity index (χ1v) is 10.5. The highest BCUT2D eigenvalue weighted by molar-refractivity contribution is 5.96. The summed E-state index contributed by atoms with van der Waals surface area (Å²) in [6.07, 6.45) is -5.50. The number of carbonyl (C=O) groups excluding carboxylic acids is 2. The Hall–Kier alpha value is -3.36. The predicted molar refractivity (Wildman–Crippen MR) is 122 cm³/mol. The Morgan fingerprint density at radius 3 is 1.55 bits per heavy atom. The maximum atomic E-state index is 11.9. The van der Waals surface area contributed by atoms with Crippen LogP contribution >= 0.6 is 0 Å². The fourth-order valence-corrected chi connectivity index (χ4v) is 3.69. The Kier molecular flexibility index (Phi) is 8.08. The first kappa shape index (κ1) is 24.3. The van der Waals surface area contributed by atoms with Crippen molar-refractivity contribution in [1.29, 1.82) is 0 Å². The standard InChI is InChI=1S/C26H27NO6/c1-18(28)27-25(32)24(31)23(30)22(29)17-33-26(19-11-5-2-6-12-19,20-13-7-3-8-14-20)21-15-9-4-10-16-21/h2-16,22-24,29-31H,17H2,1H3,(H,27,28,32)/t22?,23-,24?/m1/s1. The largest absolute Gasteiger partial charge is 0.388 e. The molecule has 0 spiro atoms. The first-order chi connectivity index (χ1) is 15.9. The lowest BCUT2D eigenvalue weighted by atomic mass is 9.80. The number of ether oxygens (including phenoxy) is 1. The van der Waals surface area contributed by atoms with Gasteiger partial charge >= 0.3 is 0 Å². The quantitative estimate of drug-likeness (QED) is 0.370. The topological polar surface area (TPSA) is 116 Å². The second-order valence-electron chi connectivity index (χ2n) is 7.64. The Morgan fingerprint density at radius 1 is 0.788 bits per heavy atom. The van der Waals surface area contributed by atoms with Crippen molar-refractivity contribution in [2.24, 2.45) is 0 Å². The number of hydrogen-bond donors (Lipinski definition) is 4. The van der Waals surface area contributed by atoms with Crippen molar-refractivity contribution in [3.8, 4) is 0 Å². The van der Waals surface area contributed by atoms with Gasteiger partial charge in [-0.15, -0.1) is 0 Å². The first-order valence-electron chi connectivity index (χ1n) is 10.5. The SMILES string of the molecule is CC(=O)NC(=O)C(O)[C@H](O)C(O)COC(c1ccccc1)(c1ccccc1)c1ccccc1. The molecule has 4 N–H and O–H groups in total. The van der Waals surface area contributed by atoms with Gasteiger partial charge in [-0.1, -0.05) is 91.0 Å². The number of nitrogens with one attached hydrogen (secondary N) is 1. The molecule has 3 aromatic carbocycles. The van der Waals surface area contributed by atoms with E-state index in [0.29, 0.717) is 0 Å². The Morgan fingerprint density at radius 2 is 1.18 bits per heavy atom. The molecule has 0 aliphatic carbocycles. The summed E-state index contributed by atoms with van der Waals surface area (Å²) in [5.74, 6) is -1.79. The number of amides is 2. The van der Waals surface area contributed by atoms with Crippen LogP contribution in [0, 0.1) is 0 Å². The van der Waals surface area contributed by atoms with Crippen LogP contribution in [0.1, 0.15) is 23.6 Å². The summed E-state index contributed by atoms with van der Waals surface area (Å²) in [5, 5.41) is 32.8. The van der Waals surface area contributed by atoms with Crippen LogP contribution in [-0.4, -0.2) is 52.1 Å². The number of aliphatic hydroxyl groups is 3. The Labute approximate surface area is 192 Å². The predicted octanol–water partition coefficient (Wildman–Crippen LogP) is 1.74. The minimum absolute atomic E-state index is 0.412. The summed E-state index contributed by atoms with van der Waals surface area (Å²) < 4.78 is 6.36. The molecule has 0 aliphatic rings. The lowest BCUT2D eigenvalue weighted by molar-refractivity contribution is -0.148. The molecule has 0 aliphatic heterocycles. The van der Waals surface area contributed by atoms with Crippen LogP contribution in [0.2, 0.25) is 0 Å². The van der Waals surface area contributed by atoms with Gasteiger partial charge in [-0.05, 0) is 16.7 Å². The van der Waals surface area contributed by atoms with E-state index < -0.39 is 42.3 Å². The lowest BCUT2D eigenvalue weighted by Gasteiger charge is -2.37. The molecule has 0 bridgehead atoms. The highest BCUT2D eigenvalue weighted by Gasteiger charge is 2.39. The summed E-state index contributed by atoms with van der Waals surface area (Å²) in [5.41, 5.74) is 1.23. The van der Waals surface area contributed by atoms with Crippen molar-refractivity contribution >= 4 is 11.8 Å². The fraction of sp³-hybridized carbons (Fsp3) is 0.231. The van der Waals surface area contributed by atoms with Crippen molar-refractivity contribution < 1.29 is 29.6 Å². The van der Waals surface area contributed by atoms with Gasteiger partial charge in [0.05, 0.1) is 6.61 Å². The molecule has 0 heterocycles. The smallest absolute Gasteiger partial charge is 0.258 e. The number of aliphatic hydroxyl groups excluding tert-OH is 3. The molecule has 3 aromatic rings. The van der Waals surface area contributed by atoms with Gasteiger partial charge in [-0.3, -0.25) is 14.9 Å². The maximum Gasteiger partial charge on any atom is 0.258 e. The number of hydrogen-bond acceptors (Lipinski definition) is 6. The summed E-state index contributed by atoms with van der Waals surface area (Å²) in [6.45, 7) is 0.689. The van der Waals surface area contributed by atoms with E-state index in [1.165, 1.54) is 0 Å². The molecule has 7 heteroatoms. The van der Waals surface area contributed by atoms with Gasteiger partial charge in [0.15, 0.2) is 6.10 Å². The lowest BCUT2D eigenvalue weighted by Crippen LogP contribution is -2.50. The van der Waals surface area contributed by atoms with Crippen LogP contribution in [0.25, 0.3) is 0 Å². The normalized spacial score (nSPS) is 14.2. The second kappa shape index (κ2) is 11.0. The van der Waals surface area contributed by atoms with Crippen LogP contribution in [-0.2, 0) is 19.9 Å². The van der Waals surface area contributed by atoms with E-state index in [9.17, 15) is 24.9 Å². The number of rotatable bonds is 9. The highest BCUT2D eigenvalue weighted by Crippen LogP contribution is 2.40. The zero-order valence-electron chi connectivity index (χ0n) is 18.2. The van der Waals surface area contributed by atoms with E-state index in [1.54, 1.807) is 0 Å². The molecule has 0 aromatic heterocycles. The van der Waals surface area contributed by atoms with Crippen LogP contribution < -0.4 is 5.32 Å². The third kappa shape index (κ3) is 5.53. The second-order valence-corrected chi connectivity index (χ2v) is 7.64. The van der Waals surface area contributed by atoms with Crippen LogP contribution in [0.15, 0.2) is 91.0 Å². The van der Waals surface area contributed by atoms with Gasteiger partial charge < -0.3 is 20.1 Å². The molecule has 2 amide bonds.